The number of ether oxygens (including phenoxy) is 1. The Hall–Kier alpha value is -3.67. The third-order valence-corrected chi connectivity index (χ3v) is 5.56. The first-order chi connectivity index (χ1) is 16.1. The number of carbonyl (C=O) groups excluding carboxylic acids is 1. The summed E-state index contributed by atoms with van der Waals surface area (Å²) in [4.78, 5) is 16.9. The second-order valence-corrected chi connectivity index (χ2v) is 7.89. The molecule has 0 spiro atoms. The summed E-state index contributed by atoms with van der Waals surface area (Å²) in [7, 11) is 0. The zero-order chi connectivity index (χ0) is 23.0. The molecule has 1 amide bonds. The normalized spacial score (nSPS) is 11.6. The van der Waals surface area contributed by atoms with Gasteiger partial charge in [-0.3, -0.25) is 9.78 Å². The molecule has 0 fully saturated rings. The van der Waals surface area contributed by atoms with E-state index in [9.17, 15) is 9.90 Å². The van der Waals surface area contributed by atoms with E-state index in [1.54, 1.807) is 24.5 Å². The lowest BCUT2D eigenvalue weighted by molar-refractivity contribution is 0.0916. The molecule has 4 aromatic rings. The Bertz CT molecular complexity index is 1200. The van der Waals surface area contributed by atoms with Crippen LogP contribution in [-0.2, 0) is 6.61 Å². The molecule has 0 aliphatic heterocycles. The van der Waals surface area contributed by atoms with Crippen LogP contribution in [0.3, 0.4) is 0 Å². The van der Waals surface area contributed by atoms with E-state index in [0.717, 1.165) is 22.3 Å². The van der Waals surface area contributed by atoms with Crippen LogP contribution < -0.4 is 10.1 Å². The highest BCUT2D eigenvalue weighted by atomic mass is 35.5. The molecule has 3 aromatic carbocycles. The molecule has 33 heavy (non-hydrogen) atoms. The van der Waals surface area contributed by atoms with Crippen LogP contribution in [0.4, 0.5) is 0 Å². The minimum atomic E-state index is -0.573. The SMILES string of the molecule is O=C(NC(CO)c1ccc(OCc2ccccc2)cc1)c1ccc(-c2ccncc2)cc1Cl. The van der Waals surface area contributed by atoms with Crippen molar-refractivity contribution in [1.82, 2.24) is 10.3 Å². The number of halogens is 1. The highest BCUT2D eigenvalue weighted by molar-refractivity contribution is 6.34. The Kier molecular flexibility index (Phi) is 7.35. The number of aliphatic hydroxyl groups excluding tert-OH is 1. The van der Waals surface area contributed by atoms with Crippen molar-refractivity contribution in [2.75, 3.05) is 6.61 Å². The summed E-state index contributed by atoms with van der Waals surface area (Å²) in [6.45, 7) is 0.219. The van der Waals surface area contributed by atoms with Gasteiger partial charge in [-0.1, -0.05) is 60.1 Å². The van der Waals surface area contributed by atoms with Crippen molar-refractivity contribution in [2.24, 2.45) is 0 Å². The monoisotopic (exact) mass is 458 g/mol. The van der Waals surface area contributed by atoms with Crippen molar-refractivity contribution in [3.63, 3.8) is 0 Å². The summed E-state index contributed by atoms with van der Waals surface area (Å²) in [6, 6.07) is 25.6. The molecule has 1 atom stereocenters. The van der Waals surface area contributed by atoms with Gasteiger partial charge >= 0.3 is 0 Å². The van der Waals surface area contributed by atoms with Crippen molar-refractivity contribution in [3.8, 4) is 16.9 Å². The quantitative estimate of drug-likeness (QED) is 0.368. The fourth-order valence-corrected chi connectivity index (χ4v) is 3.70. The van der Waals surface area contributed by atoms with Crippen LogP contribution in [0, 0.1) is 0 Å². The number of aliphatic hydroxyl groups is 1. The standard InChI is InChI=1S/C27H23ClN2O3/c28-25-16-22(20-12-14-29-15-13-20)8-11-24(25)27(32)30-26(17-31)21-6-9-23(10-7-21)33-18-19-4-2-1-3-5-19/h1-16,26,31H,17-18H2,(H,30,32). The maximum atomic E-state index is 12.8. The molecule has 0 aliphatic rings. The Balaban J connectivity index is 1.41. The highest BCUT2D eigenvalue weighted by Crippen LogP contribution is 2.26. The first kappa shape index (κ1) is 22.5. The average molecular weight is 459 g/mol. The van der Waals surface area contributed by atoms with Gasteiger partial charge in [0.2, 0.25) is 0 Å². The fraction of sp³-hybridized carbons (Fsp3) is 0.111. The Morgan fingerprint density at radius 2 is 1.67 bits per heavy atom. The van der Waals surface area contributed by atoms with Gasteiger partial charge in [0.15, 0.2) is 0 Å². The molecule has 1 heterocycles. The second-order valence-electron chi connectivity index (χ2n) is 7.48. The minimum absolute atomic E-state index is 0.247. The minimum Gasteiger partial charge on any atom is -0.489 e. The zero-order valence-corrected chi connectivity index (χ0v) is 18.6. The van der Waals surface area contributed by atoms with Crippen LogP contribution in [0.15, 0.2) is 97.3 Å². The van der Waals surface area contributed by atoms with Crippen LogP contribution in [0.25, 0.3) is 11.1 Å². The molecular formula is C27H23ClN2O3. The van der Waals surface area contributed by atoms with Crippen molar-refractivity contribution in [1.29, 1.82) is 0 Å². The van der Waals surface area contributed by atoms with Crippen molar-refractivity contribution in [3.05, 3.63) is 119 Å². The van der Waals surface area contributed by atoms with Crippen molar-refractivity contribution >= 4 is 17.5 Å². The van der Waals surface area contributed by atoms with E-state index in [2.05, 4.69) is 10.3 Å². The van der Waals surface area contributed by atoms with Gasteiger partial charge < -0.3 is 15.2 Å². The molecule has 0 bridgehead atoms. The van der Waals surface area contributed by atoms with Crippen molar-refractivity contribution < 1.29 is 14.6 Å². The van der Waals surface area contributed by atoms with Gasteiger partial charge in [-0.15, -0.1) is 0 Å². The van der Waals surface area contributed by atoms with E-state index in [1.807, 2.05) is 72.8 Å². The molecule has 1 unspecified atom stereocenters. The topological polar surface area (TPSA) is 71.5 Å². The van der Waals surface area contributed by atoms with Gasteiger partial charge in [0, 0.05) is 12.4 Å². The van der Waals surface area contributed by atoms with Gasteiger partial charge in [-0.25, -0.2) is 0 Å². The molecule has 0 saturated carbocycles. The first-order valence-corrected chi connectivity index (χ1v) is 10.9. The van der Waals surface area contributed by atoms with Gasteiger partial charge in [-0.2, -0.15) is 0 Å². The molecule has 0 aliphatic carbocycles. The number of benzene rings is 3. The number of carbonyl (C=O) groups is 1. The predicted molar refractivity (Wildman–Crippen MR) is 129 cm³/mol. The average Bonchev–Trinajstić information content (AvgIpc) is 2.87. The van der Waals surface area contributed by atoms with Crippen LogP contribution >= 0.6 is 11.6 Å². The van der Waals surface area contributed by atoms with Crippen LogP contribution in [0.1, 0.15) is 27.5 Å². The molecule has 2 N–H and O–H groups in total. The summed E-state index contributed by atoms with van der Waals surface area (Å²) < 4.78 is 5.80. The number of aromatic nitrogens is 1. The lowest BCUT2D eigenvalue weighted by atomic mass is 10.0. The molecule has 6 heteroatoms. The number of pyridine rings is 1. The van der Waals surface area contributed by atoms with E-state index in [1.165, 1.54) is 0 Å². The number of hydrogen-bond donors (Lipinski definition) is 2. The lowest BCUT2D eigenvalue weighted by Crippen LogP contribution is -2.31. The van der Waals surface area contributed by atoms with E-state index in [-0.39, 0.29) is 12.5 Å². The third kappa shape index (κ3) is 5.77. The lowest BCUT2D eigenvalue weighted by Gasteiger charge is -2.18. The maximum absolute atomic E-state index is 12.8. The Labute approximate surface area is 197 Å². The van der Waals surface area contributed by atoms with Gasteiger partial charge in [-0.05, 0) is 58.7 Å². The molecule has 4 rings (SSSR count). The van der Waals surface area contributed by atoms with Crippen LogP contribution in [0.5, 0.6) is 5.75 Å². The predicted octanol–water partition coefficient (Wildman–Crippen LogP) is 5.44. The number of amides is 1. The van der Waals surface area contributed by atoms with Gasteiger partial charge in [0.25, 0.3) is 5.91 Å². The molecule has 5 nitrogen and oxygen atoms in total. The second kappa shape index (κ2) is 10.8. The van der Waals surface area contributed by atoms with E-state index < -0.39 is 6.04 Å². The number of rotatable bonds is 8. The zero-order valence-electron chi connectivity index (χ0n) is 17.8. The number of hydrogen-bond acceptors (Lipinski definition) is 4. The maximum Gasteiger partial charge on any atom is 0.253 e. The summed E-state index contributed by atoms with van der Waals surface area (Å²) in [5.41, 5.74) is 4.04. The summed E-state index contributed by atoms with van der Waals surface area (Å²) in [6.07, 6.45) is 3.40. The van der Waals surface area contributed by atoms with Gasteiger partial charge in [0.05, 0.1) is 23.2 Å². The molecular weight excluding hydrogens is 436 g/mol. The van der Waals surface area contributed by atoms with Crippen LogP contribution in [0.2, 0.25) is 5.02 Å². The Morgan fingerprint density at radius 1 is 0.939 bits per heavy atom. The number of nitrogens with zero attached hydrogens (tertiary/aromatic N) is 1. The molecule has 0 saturated heterocycles. The molecule has 166 valence electrons. The van der Waals surface area contributed by atoms with E-state index in [4.69, 9.17) is 16.3 Å². The van der Waals surface area contributed by atoms with Gasteiger partial charge in [0.1, 0.15) is 12.4 Å². The largest absolute Gasteiger partial charge is 0.489 e. The summed E-state index contributed by atoms with van der Waals surface area (Å²) in [5, 5.41) is 13.1. The smallest absolute Gasteiger partial charge is 0.253 e. The molecule has 1 aromatic heterocycles. The summed E-state index contributed by atoms with van der Waals surface area (Å²) in [5.74, 6) is 0.352. The highest BCUT2D eigenvalue weighted by Gasteiger charge is 2.18. The summed E-state index contributed by atoms with van der Waals surface area (Å²) >= 11 is 6.40. The Morgan fingerprint density at radius 3 is 2.33 bits per heavy atom. The number of nitrogens with one attached hydrogen (secondary N) is 1. The van der Waals surface area contributed by atoms with Crippen molar-refractivity contribution in [2.45, 2.75) is 12.6 Å². The first-order valence-electron chi connectivity index (χ1n) is 10.5. The third-order valence-electron chi connectivity index (χ3n) is 5.25. The van der Waals surface area contributed by atoms with E-state index in [0.29, 0.717) is 22.9 Å². The fourth-order valence-electron chi connectivity index (χ4n) is 3.43. The van der Waals surface area contributed by atoms with E-state index >= 15 is 0 Å². The van der Waals surface area contributed by atoms with Crippen LogP contribution in [-0.4, -0.2) is 22.6 Å². The molecule has 0 radical (unpaired) electrons.